The highest BCUT2D eigenvalue weighted by molar-refractivity contribution is 6.42. The van der Waals surface area contributed by atoms with Gasteiger partial charge in [0.1, 0.15) is 5.82 Å². The van der Waals surface area contributed by atoms with E-state index in [1.807, 2.05) is 0 Å². The topological polar surface area (TPSA) is 144 Å². The fourth-order valence-corrected chi connectivity index (χ4v) is 2.82. The van der Waals surface area contributed by atoms with Gasteiger partial charge in [0.05, 0.1) is 10.0 Å². The van der Waals surface area contributed by atoms with Crippen LogP contribution in [0.25, 0.3) is 11.4 Å². The fraction of sp³-hybridized carbons (Fsp3) is 0.0526. The number of aromatic hydroxyl groups is 1. The lowest BCUT2D eigenvalue weighted by atomic mass is 10.2. The highest BCUT2D eigenvalue weighted by atomic mass is 35.5. The smallest absolute Gasteiger partial charge is 0.358 e. The number of hydrogen-bond acceptors (Lipinski definition) is 5. The molecule has 0 saturated heterocycles. The van der Waals surface area contributed by atoms with Crippen LogP contribution in [0.4, 0.5) is 10.5 Å². The number of H-pyrrole nitrogens is 1. The highest BCUT2D eigenvalue weighted by Gasteiger charge is 2.17. The minimum Gasteiger partial charge on any atom is -0.501 e. The Bertz CT molecular complexity index is 1200. The van der Waals surface area contributed by atoms with Crippen molar-refractivity contribution in [3.05, 3.63) is 74.1 Å². The molecule has 11 heteroatoms. The number of nitrogens with one attached hydrogen (secondary N) is 3. The third kappa shape index (κ3) is 4.88. The minimum absolute atomic E-state index is 0.0740. The molecule has 30 heavy (non-hydrogen) atoms. The van der Waals surface area contributed by atoms with Crippen molar-refractivity contribution in [3.8, 4) is 17.1 Å². The van der Waals surface area contributed by atoms with E-state index in [0.29, 0.717) is 21.3 Å². The Morgan fingerprint density at radius 1 is 1.10 bits per heavy atom. The number of carbonyl (C=O) groups is 2. The number of nitrogens with zero attached hydrogens (tertiary/aromatic N) is 1. The van der Waals surface area contributed by atoms with Crippen LogP contribution in [0.2, 0.25) is 10.0 Å². The summed E-state index contributed by atoms with van der Waals surface area (Å²) < 4.78 is 0. The molecule has 5 N–H and O–H groups in total. The Morgan fingerprint density at radius 2 is 1.87 bits per heavy atom. The predicted octanol–water partition coefficient (Wildman–Crippen LogP) is 3.47. The molecule has 0 aliphatic rings. The van der Waals surface area contributed by atoms with Gasteiger partial charge in [0, 0.05) is 17.8 Å². The van der Waals surface area contributed by atoms with E-state index in [2.05, 4.69) is 20.6 Å². The number of hydrogen-bond donors (Lipinski definition) is 5. The van der Waals surface area contributed by atoms with Crippen molar-refractivity contribution in [2.75, 3.05) is 5.32 Å². The van der Waals surface area contributed by atoms with Crippen LogP contribution >= 0.6 is 23.2 Å². The summed E-state index contributed by atoms with van der Waals surface area (Å²) in [6.45, 7) is 0.206. The summed E-state index contributed by atoms with van der Waals surface area (Å²) in [7, 11) is 0. The van der Waals surface area contributed by atoms with Crippen molar-refractivity contribution in [1.29, 1.82) is 0 Å². The largest absolute Gasteiger partial charge is 0.501 e. The number of rotatable bonds is 5. The molecule has 3 aromatic rings. The number of carboxylic acid groups (broad SMARTS) is 1. The number of halogens is 2. The molecule has 9 nitrogen and oxygen atoms in total. The molecule has 0 atom stereocenters. The van der Waals surface area contributed by atoms with Crippen molar-refractivity contribution in [2.45, 2.75) is 6.54 Å². The van der Waals surface area contributed by atoms with Gasteiger partial charge in [-0.2, -0.15) is 0 Å². The SMILES string of the molecule is O=C(NCc1ccc(Cl)c(Cl)c1)Nc1cccc(-c2nc(C(=O)O)c(O)c(=O)[nH]2)c1. The first-order chi connectivity index (χ1) is 14.2. The van der Waals surface area contributed by atoms with Crippen LogP contribution in [-0.2, 0) is 6.54 Å². The fourth-order valence-electron chi connectivity index (χ4n) is 2.50. The lowest BCUT2D eigenvalue weighted by Gasteiger charge is -2.10. The Morgan fingerprint density at radius 3 is 2.57 bits per heavy atom. The molecule has 2 amide bonds. The Labute approximate surface area is 179 Å². The van der Waals surface area contributed by atoms with E-state index in [4.69, 9.17) is 28.3 Å². The van der Waals surface area contributed by atoms with Gasteiger partial charge >= 0.3 is 12.0 Å². The van der Waals surface area contributed by atoms with Crippen molar-refractivity contribution in [2.24, 2.45) is 0 Å². The van der Waals surface area contributed by atoms with Gasteiger partial charge in [-0.1, -0.05) is 41.4 Å². The summed E-state index contributed by atoms with van der Waals surface area (Å²) in [4.78, 5) is 41.1. The molecule has 0 radical (unpaired) electrons. The maximum atomic E-state index is 12.2. The predicted molar refractivity (Wildman–Crippen MR) is 111 cm³/mol. The third-order valence-electron chi connectivity index (χ3n) is 3.93. The Kier molecular flexibility index (Phi) is 6.24. The molecular formula is C19H14Cl2N4O5. The van der Waals surface area contributed by atoms with Gasteiger partial charge in [-0.15, -0.1) is 0 Å². The summed E-state index contributed by atoms with van der Waals surface area (Å²) in [5, 5.41) is 24.7. The van der Waals surface area contributed by atoms with Gasteiger partial charge in [-0.25, -0.2) is 14.6 Å². The molecular weight excluding hydrogens is 435 g/mol. The van der Waals surface area contributed by atoms with Crippen molar-refractivity contribution in [3.63, 3.8) is 0 Å². The standard InChI is InChI=1S/C19H14Cl2N4O5/c20-12-5-4-9(6-13(12)21)8-22-19(30)23-11-3-1-2-10(7-11)16-24-14(18(28)29)15(26)17(27)25-16/h1-7,26H,8H2,(H,28,29)(H2,22,23,30)(H,24,25,27). The second-order valence-corrected chi connectivity index (χ2v) is 6.87. The molecule has 0 aliphatic carbocycles. The van der Waals surface area contributed by atoms with Crippen LogP contribution in [0.3, 0.4) is 0 Å². The van der Waals surface area contributed by atoms with Gasteiger partial charge in [-0.05, 0) is 29.8 Å². The van der Waals surface area contributed by atoms with E-state index in [9.17, 15) is 19.5 Å². The average Bonchev–Trinajstić information content (AvgIpc) is 2.70. The van der Waals surface area contributed by atoms with E-state index in [-0.39, 0.29) is 12.4 Å². The van der Waals surface area contributed by atoms with E-state index in [0.717, 1.165) is 5.56 Å². The van der Waals surface area contributed by atoms with Crippen LogP contribution < -0.4 is 16.2 Å². The lowest BCUT2D eigenvalue weighted by molar-refractivity contribution is 0.0686. The van der Waals surface area contributed by atoms with Crippen molar-refractivity contribution < 1.29 is 19.8 Å². The summed E-state index contributed by atoms with van der Waals surface area (Å²) in [5.41, 5.74) is -0.314. The third-order valence-corrected chi connectivity index (χ3v) is 4.67. The zero-order valence-corrected chi connectivity index (χ0v) is 16.6. The number of carboxylic acids is 1. The molecule has 2 aromatic carbocycles. The second-order valence-electron chi connectivity index (χ2n) is 6.05. The molecule has 0 aliphatic heterocycles. The van der Waals surface area contributed by atoms with E-state index < -0.39 is 29.0 Å². The van der Waals surface area contributed by atoms with E-state index in [1.165, 1.54) is 6.07 Å². The summed E-state index contributed by atoms with van der Waals surface area (Å²) in [5.74, 6) is -2.60. The molecule has 0 saturated carbocycles. The molecule has 3 rings (SSSR count). The zero-order valence-electron chi connectivity index (χ0n) is 15.1. The van der Waals surface area contributed by atoms with Crippen LogP contribution in [0.5, 0.6) is 5.75 Å². The maximum absolute atomic E-state index is 12.2. The number of amides is 2. The molecule has 0 spiro atoms. The summed E-state index contributed by atoms with van der Waals surface area (Å²) >= 11 is 11.8. The van der Waals surface area contributed by atoms with Crippen molar-refractivity contribution in [1.82, 2.24) is 15.3 Å². The number of benzene rings is 2. The lowest BCUT2D eigenvalue weighted by Crippen LogP contribution is -2.28. The summed E-state index contributed by atoms with van der Waals surface area (Å²) in [6.07, 6.45) is 0. The first-order valence-electron chi connectivity index (χ1n) is 8.40. The van der Waals surface area contributed by atoms with Crippen LogP contribution in [0, 0.1) is 0 Å². The van der Waals surface area contributed by atoms with Crippen LogP contribution in [0.1, 0.15) is 16.1 Å². The number of aromatic amines is 1. The number of aromatic nitrogens is 2. The average molecular weight is 449 g/mol. The minimum atomic E-state index is -1.55. The van der Waals surface area contributed by atoms with Gasteiger partial charge in [0.2, 0.25) is 5.75 Å². The molecule has 0 fully saturated rings. The van der Waals surface area contributed by atoms with Crippen LogP contribution in [0.15, 0.2) is 47.3 Å². The van der Waals surface area contributed by atoms with E-state index in [1.54, 1.807) is 36.4 Å². The number of carbonyl (C=O) groups excluding carboxylic acids is 1. The number of urea groups is 1. The highest BCUT2D eigenvalue weighted by Crippen LogP contribution is 2.23. The normalized spacial score (nSPS) is 10.5. The number of anilines is 1. The van der Waals surface area contributed by atoms with Crippen molar-refractivity contribution >= 4 is 40.9 Å². The summed E-state index contributed by atoms with van der Waals surface area (Å²) in [6, 6.07) is 10.7. The van der Waals surface area contributed by atoms with Gasteiger partial charge < -0.3 is 25.8 Å². The molecule has 154 valence electrons. The van der Waals surface area contributed by atoms with E-state index >= 15 is 0 Å². The maximum Gasteiger partial charge on any atom is 0.358 e. The first kappa shape index (κ1) is 21.2. The zero-order chi connectivity index (χ0) is 21.8. The quantitative estimate of drug-likeness (QED) is 0.404. The Balaban J connectivity index is 1.74. The van der Waals surface area contributed by atoms with Gasteiger partial charge in [-0.3, -0.25) is 4.79 Å². The Hall–Kier alpha value is -3.56. The molecule has 0 unspecified atom stereocenters. The first-order valence-corrected chi connectivity index (χ1v) is 9.16. The van der Waals surface area contributed by atoms with Gasteiger partial charge in [0.25, 0.3) is 5.56 Å². The monoisotopic (exact) mass is 448 g/mol. The number of aromatic carboxylic acids is 1. The molecule has 1 heterocycles. The second kappa shape index (κ2) is 8.85. The molecule has 0 bridgehead atoms. The van der Waals surface area contributed by atoms with Crippen LogP contribution in [-0.4, -0.2) is 32.2 Å². The van der Waals surface area contributed by atoms with Gasteiger partial charge in [0.15, 0.2) is 5.69 Å². The molecule has 1 aromatic heterocycles.